The topological polar surface area (TPSA) is 166 Å². The van der Waals surface area contributed by atoms with Crippen LogP contribution in [0.1, 0.15) is 90.9 Å². The molecule has 4 heterocycles. The maximum absolute atomic E-state index is 11.0. The highest BCUT2D eigenvalue weighted by Gasteiger charge is 2.54. The first-order valence-electron chi connectivity index (χ1n) is 22.8. The van der Waals surface area contributed by atoms with Gasteiger partial charge in [-0.15, -0.1) is 0 Å². The average Bonchev–Trinajstić information content (AvgIpc) is 3.99. The molecule has 4 aliphatic heterocycles. The van der Waals surface area contributed by atoms with Gasteiger partial charge in [0.15, 0.2) is 17.6 Å². The zero-order valence-corrected chi connectivity index (χ0v) is 35.9. The maximum atomic E-state index is 11.0. The van der Waals surface area contributed by atoms with Gasteiger partial charge in [0.2, 0.25) is 0 Å². The van der Waals surface area contributed by atoms with Crippen molar-refractivity contribution in [1.82, 2.24) is 16.0 Å². The summed E-state index contributed by atoms with van der Waals surface area (Å²) in [6.07, 6.45) is 8.52. The molecule has 0 radical (unpaired) electrons. The monoisotopic (exact) mass is 854 g/mol. The Labute approximate surface area is 368 Å². The van der Waals surface area contributed by atoms with Crippen molar-refractivity contribution in [3.05, 3.63) is 98.6 Å². The second-order valence-corrected chi connectivity index (χ2v) is 18.1. The van der Waals surface area contributed by atoms with Crippen molar-refractivity contribution in [1.29, 1.82) is 0 Å². The van der Waals surface area contributed by atoms with Gasteiger partial charge in [0, 0.05) is 48.8 Å². The lowest BCUT2D eigenvalue weighted by molar-refractivity contribution is -0.143. The van der Waals surface area contributed by atoms with Gasteiger partial charge in [-0.05, 0) is 121 Å². The molecule has 10 rings (SSSR count). The van der Waals surface area contributed by atoms with Gasteiger partial charge in [-0.3, -0.25) is 15.6 Å². The lowest BCUT2D eigenvalue weighted by Gasteiger charge is -2.49. The smallest absolute Gasteiger partial charge is 0.161 e. The van der Waals surface area contributed by atoms with Gasteiger partial charge in [0.25, 0.3) is 0 Å². The number of hydrogen-bond donors (Lipinski definition) is 7. The largest absolute Gasteiger partial charge is 0.508 e. The molecule has 12 nitrogen and oxygen atoms in total. The van der Waals surface area contributed by atoms with E-state index >= 15 is 0 Å². The van der Waals surface area contributed by atoms with Gasteiger partial charge >= 0.3 is 0 Å². The number of fused-ring (bicyclic) bond motifs is 13. The second-order valence-electron chi connectivity index (χ2n) is 18.1. The van der Waals surface area contributed by atoms with E-state index in [2.05, 4.69) is 57.1 Å². The summed E-state index contributed by atoms with van der Waals surface area (Å²) in [4.78, 5) is 4.63. The molecule has 7 N–H and O–H groups in total. The molecule has 12 heteroatoms. The van der Waals surface area contributed by atoms with Gasteiger partial charge in [-0.2, -0.15) is 0 Å². The van der Waals surface area contributed by atoms with Gasteiger partial charge in [0.05, 0.1) is 38.0 Å². The van der Waals surface area contributed by atoms with Crippen molar-refractivity contribution in [3.8, 4) is 51.7 Å². The Morgan fingerprint density at radius 2 is 1.86 bits per heavy atom. The van der Waals surface area contributed by atoms with Gasteiger partial charge < -0.3 is 44.7 Å². The summed E-state index contributed by atoms with van der Waals surface area (Å²) in [6.45, 7) is 3.63. The Bertz CT molecular complexity index is 2560. The molecule has 0 amide bonds. The van der Waals surface area contributed by atoms with Crippen LogP contribution >= 0.6 is 0 Å². The van der Waals surface area contributed by atoms with Crippen LogP contribution in [0.3, 0.4) is 0 Å². The lowest BCUT2D eigenvalue weighted by atomic mass is 9.69. The third-order valence-corrected chi connectivity index (χ3v) is 13.8. The van der Waals surface area contributed by atoms with Crippen LogP contribution in [0.5, 0.6) is 28.7 Å². The summed E-state index contributed by atoms with van der Waals surface area (Å²) in [6, 6.07) is 17.4. The molecule has 0 saturated heterocycles. The number of nitrogens with one attached hydrogen (secondary N) is 3. The Hall–Kier alpha value is -5.13. The van der Waals surface area contributed by atoms with Crippen molar-refractivity contribution in [3.63, 3.8) is 0 Å². The molecule has 2 bridgehead atoms. The molecule has 0 spiro atoms. The van der Waals surface area contributed by atoms with Crippen molar-refractivity contribution in [2.75, 3.05) is 39.7 Å². The molecular formula is C51H58N4O8. The molecule has 6 unspecified atom stereocenters. The highest BCUT2D eigenvalue weighted by molar-refractivity contribution is 5.85. The number of ether oxygens (including phenoxy) is 4. The highest BCUT2D eigenvalue weighted by atomic mass is 16.6. The van der Waals surface area contributed by atoms with Gasteiger partial charge in [-0.1, -0.05) is 49.0 Å². The molecule has 1 saturated carbocycles. The van der Waals surface area contributed by atoms with Crippen LogP contribution in [0, 0.1) is 11.8 Å². The van der Waals surface area contributed by atoms with E-state index in [0.29, 0.717) is 69.4 Å². The molecule has 330 valence electrons. The number of aromatic hydroxyl groups is 2. The van der Waals surface area contributed by atoms with Crippen LogP contribution in [0.25, 0.3) is 17.2 Å². The van der Waals surface area contributed by atoms with Crippen LogP contribution in [-0.2, 0) is 30.4 Å². The molecule has 4 aromatic carbocycles. The fraction of sp³-hybridized carbons (Fsp3) is 0.471. The molecule has 6 atom stereocenters. The minimum atomic E-state index is -1.13. The van der Waals surface area contributed by atoms with E-state index < -0.39 is 23.9 Å². The third kappa shape index (κ3) is 8.16. The van der Waals surface area contributed by atoms with E-state index in [1.807, 2.05) is 24.3 Å². The SMILES string of the molecule is CC(O)CNCNC1C#CCCOc2cc(ccc2O)C2Oc3c(c4c(c5c3CCC(CO)O5)-c3ccc(O)cc3C(Cc3ccc5c(c3)=CCN=5)C4)CC12OCNC1CCCC1. The predicted octanol–water partition coefficient (Wildman–Crippen LogP) is 4.34. The van der Waals surface area contributed by atoms with Crippen LogP contribution < -0.4 is 40.7 Å². The Morgan fingerprint density at radius 3 is 2.71 bits per heavy atom. The van der Waals surface area contributed by atoms with Gasteiger partial charge in [0.1, 0.15) is 35.0 Å². The van der Waals surface area contributed by atoms with Crippen molar-refractivity contribution in [2.45, 2.75) is 113 Å². The predicted molar refractivity (Wildman–Crippen MR) is 239 cm³/mol. The maximum Gasteiger partial charge on any atom is 0.161 e. The average molecular weight is 855 g/mol. The third-order valence-electron chi connectivity index (χ3n) is 13.8. The number of rotatable bonds is 12. The number of aliphatic hydroxyl groups is 2. The quantitative estimate of drug-likeness (QED) is 0.0616. The van der Waals surface area contributed by atoms with Crippen molar-refractivity contribution in [2.24, 2.45) is 4.99 Å². The zero-order chi connectivity index (χ0) is 43.1. The van der Waals surface area contributed by atoms with Gasteiger partial charge in [-0.25, -0.2) is 0 Å². The van der Waals surface area contributed by atoms with E-state index in [1.165, 1.54) is 18.4 Å². The first kappa shape index (κ1) is 41.9. The van der Waals surface area contributed by atoms with E-state index in [4.69, 9.17) is 18.9 Å². The number of nitrogens with zero attached hydrogens (tertiary/aromatic N) is 1. The number of aliphatic hydroxyl groups excluding tert-OH is 2. The van der Waals surface area contributed by atoms with Crippen LogP contribution in [0.4, 0.5) is 0 Å². The van der Waals surface area contributed by atoms with E-state index in [0.717, 1.165) is 74.5 Å². The van der Waals surface area contributed by atoms with E-state index in [9.17, 15) is 20.4 Å². The fourth-order valence-electron chi connectivity index (χ4n) is 10.8. The lowest BCUT2D eigenvalue weighted by Crippen LogP contribution is -2.62. The summed E-state index contributed by atoms with van der Waals surface area (Å²) in [5.74, 6) is 9.05. The minimum Gasteiger partial charge on any atom is -0.508 e. The molecule has 1 fully saturated rings. The Morgan fingerprint density at radius 1 is 0.968 bits per heavy atom. The summed E-state index contributed by atoms with van der Waals surface area (Å²) < 4.78 is 27.9. The number of hydrogen-bond acceptors (Lipinski definition) is 12. The van der Waals surface area contributed by atoms with E-state index in [1.54, 1.807) is 19.1 Å². The summed E-state index contributed by atoms with van der Waals surface area (Å²) in [7, 11) is 0. The standard InChI is InChI=1S/C51H58N4O8/c1-30(57)26-52-28-54-46-8-4-5-19-60-45-23-33(10-16-44(45)59)50-51(46,61-29-55-35-6-2-3-7-35)25-42-41-22-34(21-31-9-15-43-32(20-31)17-18-53-43)40-24-36(58)11-13-38(40)47(41)49-39(48(42)63-50)14-12-37(27-56)62-49/h9-11,13,15-17,20,23-24,30,34-35,37,46,50,52,54-59H,2-3,5-7,12,14,18-19,21-22,25-29H2,1H3. The number of benzene rings is 4. The molecule has 63 heavy (non-hydrogen) atoms. The number of phenolic OH excluding ortho intramolecular Hbond substituents is 2. The molecule has 6 aliphatic rings. The first-order valence-corrected chi connectivity index (χ1v) is 22.8. The molecule has 4 aromatic rings. The second kappa shape index (κ2) is 17.8. The van der Waals surface area contributed by atoms with Crippen molar-refractivity contribution < 1.29 is 39.4 Å². The van der Waals surface area contributed by atoms with Crippen LogP contribution in [0.15, 0.2) is 59.6 Å². The minimum absolute atomic E-state index is 0.00301. The van der Waals surface area contributed by atoms with Crippen LogP contribution in [-0.4, -0.2) is 90.0 Å². The summed E-state index contributed by atoms with van der Waals surface area (Å²) in [5.41, 5.74) is 6.94. The normalized spacial score (nSPS) is 24.7. The first-order chi connectivity index (χ1) is 30.8. The Kier molecular flexibility index (Phi) is 11.8. The highest BCUT2D eigenvalue weighted by Crippen LogP contribution is 2.58. The number of phenols is 2. The Balaban J connectivity index is 1.17. The molecular weight excluding hydrogens is 797 g/mol. The fourth-order valence-corrected chi connectivity index (χ4v) is 10.8. The summed E-state index contributed by atoms with van der Waals surface area (Å²) in [5, 5.41) is 55.7. The van der Waals surface area contributed by atoms with Crippen molar-refractivity contribution >= 4 is 6.08 Å². The zero-order valence-electron chi connectivity index (χ0n) is 35.9. The molecule has 0 aromatic heterocycles. The summed E-state index contributed by atoms with van der Waals surface area (Å²) >= 11 is 0. The van der Waals surface area contributed by atoms with Crippen LogP contribution in [0.2, 0.25) is 0 Å². The molecule has 2 aliphatic carbocycles. The van der Waals surface area contributed by atoms with E-state index in [-0.39, 0.29) is 43.5 Å².